The van der Waals surface area contributed by atoms with Crippen LogP contribution in [0, 0.1) is 0 Å². The highest BCUT2D eigenvalue weighted by molar-refractivity contribution is 5.90. The first kappa shape index (κ1) is 15.0. The van der Waals surface area contributed by atoms with Crippen LogP contribution in [0.3, 0.4) is 0 Å². The van der Waals surface area contributed by atoms with Crippen LogP contribution in [-0.4, -0.2) is 24.7 Å². The molecule has 1 aromatic carbocycles. The van der Waals surface area contributed by atoms with Gasteiger partial charge in [0.15, 0.2) is 0 Å². The number of unbranched alkanes of at least 4 members (excludes halogenated alkanes) is 1. The van der Waals surface area contributed by atoms with Crippen LogP contribution in [0.1, 0.15) is 30.1 Å². The number of hydrogen-bond acceptors (Lipinski definition) is 4. The number of carbonyl (C=O) groups excluding carboxylic acids is 1. The highest BCUT2D eigenvalue weighted by Crippen LogP contribution is 2.29. The number of benzene rings is 1. The van der Waals surface area contributed by atoms with Crippen molar-refractivity contribution in [3.63, 3.8) is 0 Å². The van der Waals surface area contributed by atoms with Gasteiger partial charge in [-0.05, 0) is 12.5 Å². The van der Waals surface area contributed by atoms with Crippen LogP contribution in [0.4, 0.5) is 0 Å². The molecule has 0 N–H and O–H groups in total. The molecular formula is C17H19NO3. The fourth-order valence-electron chi connectivity index (χ4n) is 1.92. The standard InChI is InChI=1S/C17H19NO3/c1-3-4-10-21-15-11-14(17(19)20-2)12-18-16(15)13-8-6-5-7-9-13/h5-9,11-12H,3-4,10H2,1-2H3. The van der Waals surface area contributed by atoms with Gasteiger partial charge in [-0.15, -0.1) is 0 Å². The first-order valence-electron chi connectivity index (χ1n) is 7.02. The zero-order valence-electron chi connectivity index (χ0n) is 12.3. The number of aromatic nitrogens is 1. The van der Waals surface area contributed by atoms with Gasteiger partial charge in [0.25, 0.3) is 0 Å². The molecule has 1 heterocycles. The van der Waals surface area contributed by atoms with E-state index in [-0.39, 0.29) is 0 Å². The lowest BCUT2D eigenvalue weighted by Gasteiger charge is -2.12. The third kappa shape index (κ3) is 3.81. The molecule has 0 spiro atoms. The zero-order chi connectivity index (χ0) is 15.1. The summed E-state index contributed by atoms with van der Waals surface area (Å²) in [7, 11) is 1.35. The average molecular weight is 285 g/mol. The second-order valence-electron chi connectivity index (χ2n) is 4.63. The summed E-state index contributed by atoms with van der Waals surface area (Å²) in [5, 5.41) is 0. The van der Waals surface area contributed by atoms with Gasteiger partial charge in [-0.1, -0.05) is 43.7 Å². The summed E-state index contributed by atoms with van der Waals surface area (Å²) < 4.78 is 10.5. The summed E-state index contributed by atoms with van der Waals surface area (Å²) in [4.78, 5) is 16.0. The molecule has 0 radical (unpaired) electrons. The number of nitrogens with zero attached hydrogens (tertiary/aromatic N) is 1. The Morgan fingerprint density at radius 3 is 2.67 bits per heavy atom. The van der Waals surface area contributed by atoms with Gasteiger partial charge < -0.3 is 9.47 Å². The lowest BCUT2D eigenvalue weighted by atomic mass is 10.1. The van der Waals surface area contributed by atoms with Gasteiger partial charge in [0.2, 0.25) is 0 Å². The van der Waals surface area contributed by atoms with Crippen LogP contribution in [0.25, 0.3) is 11.3 Å². The Morgan fingerprint density at radius 1 is 1.24 bits per heavy atom. The Balaban J connectivity index is 2.36. The van der Waals surface area contributed by atoms with Crippen LogP contribution >= 0.6 is 0 Å². The molecule has 2 rings (SSSR count). The summed E-state index contributed by atoms with van der Waals surface area (Å²) in [6.45, 7) is 2.70. The highest BCUT2D eigenvalue weighted by atomic mass is 16.5. The predicted octanol–water partition coefficient (Wildman–Crippen LogP) is 3.71. The van der Waals surface area contributed by atoms with Crippen molar-refractivity contribution in [2.75, 3.05) is 13.7 Å². The molecule has 4 nitrogen and oxygen atoms in total. The normalized spacial score (nSPS) is 10.2. The second kappa shape index (κ2) is 7.43. The van der Waals surface area contributed by atoms with Crippen LogP contribution in [0.5, 0.6) is 5.75 Å². The van der Waals surface area contributed by atoms with Crippen molar-refractivity contribution < 1.29 is 14.3 Å². The van der Waals surface area contributed by atoms with Crippen LogP contribution in [0.15, 0.2) is 42.6 Å². The molecule has 0 saturated carbocycles. The topological polar surface area (TPSA) is 48.4 Å². The molecular weight excluding hydrogens is 266 g/mol. The van der Waals surface area contributed by atoms with E-state index in [9.17, 15) is 4.79 Å². The van der Waals surface area contributed by atoms with E-state index in [2.05, 4.69) is 11.9 Å². The number of esters is 1. The summed E-state index contributed by atoms with van der Waals surface area (Å²) >= 11 is 0. The molecule has 0 atom stereocenters. The van der Waals surface area contributed by atoms with Crippen LogP contribution < -0.4 is 4.74 Å². The summed E-state index contributed by atoms with van der Waals surface area (Å²) in [6, 6.07) is 11.5. The van der Waals surface area contributed by atoms with Crippen molar-refractivity contribution in [3.05, 3.63) is 48.2 Å². The molecule has 0 aliphatic rings. The van der Waals surface area contributed by atoms with Gasteiger partial charge in [-0.25, -0.2) is 4.79 Å². The highest BCUT2D eigenvalue weighted by Gasteiger charge is 2.13. The molecule has 0 saturated heterocycles. The molecule has 0 aliphatic heterocycles. The Labute approximate surface area is 124 Å². The Hall–Kier alpha value is -2.36. The molecule has 0 aliphatic carbocycles. The SMILES string of the molecule is CCCCOc1cc(C(=O)OC)cnc1-c1ccccc1. The smallest absolute Gasteiger partial charge is 0.339 e. The van der Waals surface area contributed by atoms with E-state index in [0.717, 1.165) is 24.1 Å². The van der Waals surface area contributed by atoms with E-state index in [0.29, 0.717) is 17.9 Å². The lowest BCUT2D eigenvalue weighted by Crippen LogP contribution is -2.05. The minimum absolute atomic E-state index is 0.392. The molecule has 0 bridgehead atoms. The molecule has 110 valence electrons. The van der Waals surface area contributed by atoms with Crippen molar-refractivity contribution in [2.45, 2.75) is 19.8 Å². The maximum atomic E-state index is 11.6. The van der Waals surface area contributed by atoms with Gasteiger partial charge in [0.05, 0.1) is 19.3 Å². The molecule has 21 heavy (non-hydrogen) atoms. The molecule has 0 fully saturated rings. The number of hydrogen-bond donors (Lipinski definition) is 0. The van der Waals surface area contributed by atoms with E-state index in [4.69, 9.17) is 9.47 Å². The average Bonchev–Trinajstić information content (AvgIpc) is 2.55. The number of methoxy groups -OCH3 is 1. The third-order valence-electron chi connectivity index (χ3n) is 3.08. The van der Waals surface area contributed by atoms with E-state index < -0.39 is 5.97 Å². The van der Waals surface area contributed by atoms with E-state index in [1.54, 1.807) is 6.07 Å². The van der Waals surface area contributed by atoms with Crippen molar-refractivity contribution >= 4 is 5.97 Å². The van der Waals surface area contributed by atoms with Gasteiger partial charge in [-0.3, -0.25) is 4.98 Å². The summed E-state index contributed by atoms with van der Waals surface area (Å²) in [5.41, 5.74) is 2.09. The first-order chi connectivity index (χ1) is 10.3. The fraction of sp³-hybridized carbons (Fsp3) is 0.294. The summed E-state index contributed by atoms with van der Waals surface area (Å²) in [6.07, 6.45) is 3.52. The predicted molar refractivity (Wildman–Crippen MR) is 81.4 cm³/mol. The zero-order valence-corrected chi connectivity index (χ0v) is 12.3. The minimum Gasteiger partial charge on any atom is -0.491 e. The lowest BCUT2D eigenvalue weighted by molar-refractivity contribution is 0.0599. The van der Waals surface area contributed by atoms with E-state index in [1.807, 2.05) is 30.3 Å². The van der Waals surface area contributed by atoms with Gasteiger partial charge in [0.1, 0.15) is 11.4 Å². The number of pyridine rings is 1. The Kier molecular flexibility index (Phi) is 5.32. The molecule has 4 heteroatoms. The largest absolute Gasteiger partial charge is 0.491 e. The van der Waals surface area contributed by atoms with E-state index in [1.165, 1.54) is 13.3 Å². The quantitative estimate of drug-likeness (QED) is 0.599. The Bertz CT molecular complexity index is 596. The van der Waals surface area contributed by atoms with Crippen molar-refractivity contribution in [3.8, 4) is 17.0 Å². The summed E-state index contributed by atoms with van der Waals surface area (Å²) in [5.74, 6) is 0.194. The molecule has 0 amide bonds. The monoisotopic (exact) mass is 285 g/mol. The first-order valence-corrected chi connectivity index (χ1v) is 7.02. The molecule has 2 aromatic rings. The van der Waals surface area contributed by atoms with Gasteiger partial charge >= 0.3 is 5.97 Å². The third-order valence-corrected chi connectivity index (χ3v) is 3.08. The van der Waals surface area contributed by atoms with Gasteiger partial charge in [-0.2, -0.15) is 0 Å². The van der Waals surface area contributed by atoms with Gasteiger partial charge in [0, 0.05) is 11.8 Å². The minimum atomic E-state index is -0.414. The van der Waals surface area contributed by atoms with Crippen molar-refractivity contribution in [2.24, 2.45) is 0 Å². The maximum Gasteiger partial charge on any atom is 0.339 e. The van der Waals surface area contributed by atoms with E-state index >= 15 is 0 Å². The number of rotatable bonds is 6. The van der Waals surface area contributed by atoms with Crippen molar-refractivity contribution in [1.29, 1.82) is 0 Å². The van der Waals surface area contributed by atoms with Crippen LogP contribution in [0.2, 0.25) is 0 Å². The fourth-order valence-corrected chi connectivity index (χ4v) is 1.92. The number of ether oxygens (including phenoxy) is 2. The second-order valence-corrected chi connectivity index (χ2v) is 4.63. The molecule has 0 unspecified atom stereocenters. The Morgan fingerprint density at radius 2 is 2.00 bits per heavy atom. The maximum absolute atomic E-state index is 11.6. The van der Waals surface area contributed by atoms with Crippen LogP contribution in [-0.2, 0) is 4.74 Å². The molecule has 1 aromatic heterocycles. The van der Waals surface area contributed by atoms with Crippen molar-refractivity contribution in [1.82, 2.24) is 4.98 Å². The number of carbonyl (C=O) groups is 1.